The smallest absolute Gasteiger partial charge is 0.311 e. The summed E-state index contributed by atoms with van der Waals surface area (Å²) >= 11 is 6.37. The minimum Gasteiger partial charge on any atom is -0.493 e. The van der Waals surface area contributed by atoms with Crippen LogP contribution >= 0.6 is 11.6 Å². The Labute approximate surface area is 214 Å². The topological polar surface area (TPSA) is 91.3 Å². The fourth-order valence-corrected chi connectivity index (χ4v) is 4.51. The highest BCUT2D eigenvalue weighted by Crippen LogP contribution is 2.42. The van der Waals surface area contributed by atoms with Gasteiger partial charge in [-0.05, 0) is 61.2 Å². The highest BCUT2D eigenvalue weighted by atomic mass is 35.5. The molecule has 1 aliphatic heterocycles. The molecule has 36 heavy (non-hydrogen) atoms. The highest BCUT2D eigenvalue weighted by Gasteiger charge is 2.29. The summed E-state index contributed by atoms with van der Waals surface area (Å²) in [5.74, 6) is 1.13. The van der Waals surface area contributed by atoms with Gasteiger partial charge in [-0.15, -0.1) is 0 Å². The number of hydrogen-bond acceptors (Lipinski definition) is 6. The van der Waals surface area contributed by atoms with Crippen molar-refractivity contribution in [3.63, 3.8) is 0 Å². The lowest BCUT2D eigenvalue weighted by Gasteiger charge is -2.24. The molecule has 0 saturated heterocycles. The van der Waals surface area contributed by atoms with Crippen molar-refractivity contribution in [1.29, 1.82) is 0 Å². The van der Waals surface area contributed by atoms with E-state index < -0.39 is 11.9 Å². The summed E-state index contributed by atoms with van der Waals surface area (Å²) in [6, 6.07) is 15.7. The number of benzene rings is 3. The van der Waals surface area contributed by atoms with Crippen LogP contribution in [0.15, 0.2) is 54.6 Å². The van der Waals surface area contributed by atoms with Crippen molar-refractivity contribution in [3.8, 4) is 28.7 Å². The van der Waals surface area contributed by atoms with Gasteiger partial charge in [-0.2, -0.15) is 0 Å². The Kier molecular flexibility index (Phi) is 8.00. The number of rotatable bonds is 10. The first-order valence-electron chi connectivity index (χ1n) is 11.6. The Hall–Kier alpha value is -3.71. The number of carbonyl (C=O) groups excluding carboxylic acids is 1. The number of carboxylic acid groups (broad SMARTS) is 1. The van der Waals surface area contributed by atoms with Gasteiger partial charge in [-0.25, -0.2) is 0 Å². The number of para-hydroxylation sites is 1. The molecule has 0 saturated carbocycles. The Bertz CT molecular complexity index is 1250. The summed E-state index contributed by atoms with van der Waals surface area (Å²) in [5, 5.41) is 9.73. The maximum atomic E-state index is 12.7. The van der Waals surface area contributed by atoms with Crippen molar-refractivity contribution < 1.29 is 33.6 Å². The molecule has 0 aliphatic carbocycles. The van der Waals surface area contributed by atoms with Crippen molar-refractivity contribution in [2.75, 3.05) is 20.8 Å². The maximum Gasteiger partial charge on any atom is 0.311 e. The zero-order chi connectivity index (χ0) is 25.7. The lowest BCUT2D eigenvalue weighted by atomic mass is 9.93. The van der Waals surface area contributed by atoms with Crippen LogP contribution in [0.25, 0.3) is 0 Å². The van der Waals surface area contributed by atoms with E-state index in [-0.39, 0.29) is 5.78 Å². The number of carboxylic acids is 1. The molecule has 0 radical (unpaired) electrons. The Morgan fingerprint density at radius 1 is 1.06 bits per heavy atom. The average molecular weight is 511 g/mol. The minimum atomic E-state index is -0.910. The molecule has 0 bridgehead atoms. The van der Waals surface area contributed by atoms with Crippen LogP contribution < -0.4 is 18.9 Å². The van der Waals surface area contributed by atoms with E-state index >= 15 is 0 Å². The first-order chi connectivity index (χ1) is 17.4. The molecule has 8 heteroatoms. The lowest BCUT2D eigenvalue weighted by molar-refractivity contribution is -0.139. The van der Waals surface area contributed by atoms with E-state index in [9.17, 15) is 14.7 Å². The van der Waals surface area contributed by atoms with Crippen LogP contribution in [0.1, 0.15) is 46.7 Å². The van der Waals surface area contributed by atoms with E-state index in [1.165, 1.54) is 0 Å². The van der Waals surface area contributed by atoms with Crippen molar-refractivity contribution >= 4 is 23.4 Å². The zero-order valence-electron chi connectivity index (χ0n) is 20.1. The second-order valence-corrected chi connectivity index (χ2v) is 8.81. The largest absolute Gasteiger partial charge is 0.493 e. The molecule has 1 atom stereocenters. The SMILES string of the molecule is COc1cccc(CCCC(=O)c2ccc(Oc3cc4c(cc3Cl)C(C(=O)O)CCO4)cc2)c1OC. The van der Waals surface area contributed by atoms with Gasteiger partial charge < -0.3 is 24.1 Å². The summed E-state index contributed by atoms with van der Waals surface area (Å²) in [5.41, 5.74) is 2.12. The van der Waals surface area contributed by atoms with E-state index in [1.807, 2.05) is 18.2 Å². The van der Waals surface area contributed by atoms with Crippen LogP contribution in [0.2, 0.25) is 5.02 Å². The number of ketones is 1. The summed E-state index contributed by atoms with van der Waals surface area (Å²) < 4.78 is 22.3. The Morgan fingerprint density at radius 2 is 1.83 bits per heavy atom. The van der Waals surface area contributed by atoms with Gasteiger partial charge in [0.25, 0.3) is 0 Å². The van der Waals surface area contributed by atoms with E-state index in [4.69, 9.17) is 30.5 Å². The predicted octanol–water partition coefficient (Wildman–Crippen LogP) is 6.31. The standard InChI is InChI=1S/C28H27ClO7/c1-33-24-8-4-6-18(27(24)34-2)5-3-7-23(30)17-9-11-19(12-10-17)36-26-16-25-21(15-22(26)29)20(28(31)32)13-14-35-25/h4,6,8-12,15-16,20H,3,5,7,13-14H2,1-2H3,(H,31,32). The van der Waals surface area contributed by atoms with Gasteiger partial charge in [0, 0.05) is 23.6 Å². The van der Waals surface area contributed by atoms with Gasteiger partial charge in [0.1, 0.15) is 17.2 Å². The number of ether oxygens (including phenoxy) is 4. The normalized spacial score (nSPS) is 14.4. The molecule has 4 rings (SSSR count). The number of fused-ring (bicyclic) bond motifs is 1. The fraction of sp³-hybridized carbons (Fsp3) is 0.286. The summed E-state index contributed by atoms with van der Waals surface area (Å²) in [6.45, 7) is 0.312. The monoisotopic (exact) mass is 510 g/mol. The third-order valence-corrected chi connectivity index (χ3v) is 6.44. The van der Waals surface area contributed by atoms with Crippen LogP contribution in [0, 0.1) is 0 Å². The number of hydrogen-bond donors (Lipinski definition) is 1. The molecule has 188 valence electrons. The van der Waals surface area contributed by atoms with Crippen molar-refractivity contribution in [1.82, 2.24) is 0 Å². The molecule has 7 nitrogen and oxygen atoms in total. The van der Waals surface area contributed by atoms with Gasteiger partial charge in [0.05, 0.1) is 31.8 Å². The molecule has 1 unspecified atom stereocenters. The first-order valence-corrected chi connectivity index (χ1v) is 12.0. The quantitative estimate of drug-likeness (QED) is 0.320. The van der Waals surface area contributed by atoms with Gasteiger partial charge in [0.15, 0.2) is 17.3 Å². The number of aryl methyl sites for hydroxylation is 1. The van der Waals surface area contributed by atoms with Crippen molar-refractivity contribution in [3.05, 3.63) is 76.3 Å². The molecule has 1 aliphatic rings. The Morgan fingerprint density at radius 3 is 2.53 bits per heavy atom. The van der Waals surface area contributed by atoms with Crippen LogP contribution in [0.5, 0.6) is 28.7 Å². The second-order valence-electron chi connectivity index (χ2n) is 8.40. The van der Waals surface area contributed by atoms with E-state index in [2.05, 4.69) is 0 Å². The molecule has 3 aromatic carbocycles. The first kappa shape index (κ1) is 25.4. The van der Waals surface area contributed by atoms with Gasteiger partial charge >= 0.3 is 5.97 Å². The van der Waals surface area contributed by atoms with Crippen molar-refractivity contribution in [2.45, 2.75) is 31.6 Å². The summed E-state index contributed by atoms with van der Waals surface area (Å²) in [6.07, 6.45) is 2.14. The number of carbonyl (C=O) groups is 2. The van der Waals surface area contributed by atoms with E-state index in [0.717, 1.165) is 5.56 Å². The van der Waals surface area contributed by atoms with E-state index in [0.29, 0.717) is 77.2 Å². The number of aliphatic carboxylic acids is 1. The molecule has 1 N–H and O–H groups in total. The minimum absolute atomic E-state index is 0.0309. The zero-order valence-corrected chi connectivity index (χ0v) is 20.8. The summed E-state index contributed by atoms with van der Waals surface area (Å²) in [7, 11) is 3.20. The molecule has 0 spiro atoms. The van der Waals surface area contributed by atoms with Crippen LogP contribution in [-0.4, -0.2) is 37.7 Å². The van der Waals surface area contributed by atoms with Gasteiger partial charge in [0.2, 0.25) is 0 Å². The molecule has 0 fully saturated rings. The summed E-state index contributed by atoms with van der Waals surface area (Å²) in [4.78, 5) is 24.2. The van der Waals surface area contributed by atoms with Gasteiger partial charge in [-0.3, -0.25) is 9.59 Å². The molecule has 3 aromatic rings. The number of halogens is 1. The molecular formula is C28H27ClO7. The van der Waals surface area contributed by atoms with Gasteiger partial charge in [-0.1, -0.05) is 23.7 Å². The van der Waals surface area contributed by atoms with E-state index in [1.54, 1.807) is 50.6 Å². The third-order valence-electron chi connectivity index (χ3n) is 6.14. The highest BCUT2D eigenvalue weighted by molar-refractivity contribution is 6.32. The average Bonchev–Trinajstić information content (AvgIpc) is 2.88. The number of methoxy groups -OCH3 is 2. The molecule has 0 aromatic heterocycles. The number of Topliss-reactive ketones (excluding diaryl/α,β-unsaturated/α-hetero) is 1. The fourth-order valence-electron chi connectivity index (χ4n) is 4.29. The predicted molar refractivity (Wildman–Crippen MR) is 135 cm³/mol. The maximum absolute atomic E-state index is 12.7. The van der Waals surface area contributed by atoms with Crippen LogP contribution in [-0.2, 0) is 11.2 Å². The molecule has 1 heterocycles. The second kappa shape index (κ2) is 11.4. The molecular weight excluding hydrogens is 484 g/mol. The van der Waals surface area contributed by atoms with Crippen LogP contribution in [0.4, 0.5) is 0 Å². The third kappa shape index (κ3) is 5.57. The molecule has 0 amide bonds. The van der Waals surface area contributed by atoms with Crippen LogP contribution in [0.3, 0.4) is 0 Å². The Balaban J connectivity index is 1.38. The lowest BCUT2D eigenvalue weighted by Crippen LogP contribution is -2.20. The van der Waals surface area contributed by atoms with Crippen molar-refractivity contribution in [2.24, 2.45) is 0 Å².